The zero-order chi connectivity index (χ0) is 9.23. The molecule has 0 unspecified atom stereocenters. The molecule has 0 aromatic rings. The van der Waals surface area contributed by atoms with Crippen LogP contribution in [0, 0.1) is 5.41 Å². The fraction of sp³-hybridized carbons (Fsp3) is 0.600. The maximum absolute atomic E-state index is 4.39. The largest absolute Gasteiger partial charge is 0.143 e. The summed E-state index contributed by atoms with van der Waals surface area (Å²) in [4.78, 5) is 1.04. The summed E-state index contributed by atoms with van der Waals surface area (Å²) in [6, 6.07) is 0. The average Bonchev–Trinajstić information content (AvgIpc) is 1.82. The van der Waals surface area contributed by atoms with Gasteiger partial charge in [-0.2, -0.15) is 0 Å². The van der Waals surface area contributed by atoms with E-state index in [4.69, 9.17) is 0 Å². The fourth-order valence-electron chi connectivity index (χ4n) is 0.657. The highest BCUT2D eigenvalue weighted by Gasteiger charge is 2.16. The van der Waals surface area contributed by atoms with Gasteiger partial charge in [-0.15, -0.1) is 12.6 Å². The highest BCUT2D eigenvalue weighted by molar-refractivity contribution is 7.84. The predicted molar refractivity (Wildman–Crippen MR) is 56.0 cm³/mol. The molecule has 0 bridgehead atoms. The van der Waals surface area contributed by atoms with Gasteiger partial charge in [0.25, 0.3) is 0 Å². The van der Waals surface area contributed by atoms with Crippen LogP contribution in [0.1, 0.15) is 34.6 Å². The van der Waals surface area contributed by atoms with Crippen molar-refractivity contribution in [3.05, 3.63) is 22.6 Å². The van der Waals surface area contributed by atoms with E-state index in [-0.39, 0.29) is 5.41 Å². The van der Waals surface area contributed by atoms with Gasteiger partial charge in [-0.1, -0.05) is 32.9 Å². The van der Waals surface area contributed by atoms with Crippen LogP contribution >= 0.6 is 12.6 Å². The molecule has 0 aliphatic rings. The topological polar surface area (TPSA) is 0 Å². The summed E-state index contributed by atoms with van der Waals surface area (Å²) >= 11 is 4.39. The molecule has 0 saturated heterocycles. The Hall–Kier alpha value is -0.170. The first-order valence-electron chi connectivity index (χ1n) is 3.83. The van der Waals surface area contributed by atoms with Crippen molar-refractivity contribution in [2.24, 2.45) is 5.41 Å². The van der Waals surface area contributed by atoms with E-state index in [1.54, 1.807) is 0 Å². The lowest BCUT2D eigenvalue weighted by Gasteiger charge is -2.22. The number of thiol groups is 1. The summed E-state index contributed by atoms with van der Waals surface area (Å²) in [5, 5.41) is 0. The highest BCUT2D eigenvalue weighted by Crippen LogP contribution is 2.32. The second-order valence-electron chi connectivity index (χ2n) is 4.08. The van der Waals surface area contributed by atoms with Gasteiger partial charge in [-0.25, -0.2) is 0 Å². The molecule has 0 radical (unpaired) electrons. The van der Waals surface area contributed by atoms with Crippen LogP contribution in [-0.2, 0) is 0 Å². The van der Waals surface area contributed by atoms with Gasteiger partial charge in [-0.05, 0) is 24.8 Å². The van der Waals surface area contributed by atoms with E-state index in [0.717, 1.165) is 10.5 Å². The maximum Gasteiger partial charge on any atom is 0.00579 e. The van der Waals surface area contributed by atoms with E-state index in [1.807, 2.05) is 0 Å². The molecule has 0 aromatic heterocycles. The van der Waals surface area contributed by atoms with Crippen LogP contribution in [0.25, 0.3) is 0 Å². The maximum atomic E-state index is 4.39. The first-order chi connectivity index (χ1) is 4.76. The lowest BCUT2D eigenvalue weighted by atomic mass is 9.86. The van der Waals surface area contributed by atoms with E-state index in [1.165, 1.54) is 5.57 Å². The molecule has 0 aliphatic heterocycles. The van der Waals surface area contributed by atoms with E-state index in [9.17, 15) is 0 Å². The van der Waals surface area contributed by atoms with Crippen LogP contribution in [-0.4, -0.2) is 0 Å². The van der Waals surface area contributed by atoms with Crippen LogP contribution in [0.3, 0.4) is 0 Å². The van der Waals surface area contributed by atoms with Crippen molar-refractivity contribution in [3.8, 4) is 0 Å². The molecule has 0 fully saturated rings. The molecular formula is C10H18S. The summed E-state index contributed by atoms with van der Waals surface area (Å²) in [6.07, 6.45) is 0. The molecule has 0 atom stereocenters. The molecule has 1 heteroatoms. The first-order valence-corrected chi connectivity index (χ1v) is 4.27. The van der Waals surface area contributed by atoms with Crippen LogP contribution in [0.15, 0.2) is 22.6 Å². The average molecular weight is 170 g/mol. The normalized spacial score (nSPS) is 11.1. The van der Waals surface area contributed by atoms with Gasteiger partial charge in [0, 0.05) is 4.91 Å². The van der Waals surface area contributed by atoms with E-state index in [2.05, 4.69) is 53.8 Å². The monoisotopic (exact) mass is 170 g/mol. The second kappa shape index (κ2) is 3.48. The molecule has 0 spiro atoms. The molecule has 0 aromatic carbocycles. The zero-order valence-electron chi connectivity index (χ0n) is 8.15. The van der Waals surface area contributed by atoms with Crippen molar-refractivity contribution in [2.75, 3.05) is 0 Å². The molecule has 0 saturated carbocycles. The Morgan fingerprint density at radius 1 is 1.18 bits per heavy atom. The Morgan fingerprint density at radius 2 is 1.55 bits per heavy atom. The molecule has 0 aliphatic carbocycles. The van der Waals surface area contributed by atoms with Crippen molar-refractivity contribution in [1.29, 1.82) is 0 Å². The third kappa shape index (κ3) is 3.15. The van der Waals surface area contributed by atoms with E-state index < -0.39 is 0 Å². The molecule has 0 heterocycles. The summed E-state index contributed by atoms with van der Waals surface area (Å²) in [7, 11) is 0. The Kier molecular flexibility index (Phi) is 3.43. The molecule has 0 nitrogen and oxygen atoms in total. The number of hydrogen-bond donors (Lipinski definition) is 1. The highest BCUT2D eigenvalue weighted by atomic mass is 32.1. The van der Waals surface area contributed by atoms with E-state index >= 15 is 0 Å². The summed E-state index contributed by atoms with van der Waals surface area (Å²) in [5.41, 5.74) is 2.48. The minimum absolute atomic E-state index is 0.133. The van der Waals surface area contributed by atoms with Gasteiger partial charge in [0.15, 0.2) is 0 Å². The van der Waals surface area contributed by atoms with Gasteiger partial charge in [0.1, 0.15) is 0 Å². The summed E-state index contributed by atoms with van der Waals surface area (Å²) in [6.45, 7) is 14.6. The van der Waals surface area contributed by atoms with Gasteiger partial charge in [0.05, 0.1) is 0 Å². The van der Waals surface area contributed by atoms with Gasteiger partial charge < -0.3 is 0 Å². The zero-order valence-corrected chi connectivity index (χ0v) is 9.05. The van der Waals surface area contributed by atoms with Crippen molar-refractivity contribution in [2.45, 2.75) is 34.6 Å². The number of hydrogen-bond acceptors (Lipinski definition) is 1. The van der Waals surface area contributed by atoms with Crippen LogP contribution < -0.4 is 0 Å². The van der Waals surface area contributed by atoms with Gasteiger partial charge in [0.2, 0.25) is 0 Å². The third-order valence-electron chi connectivity index (χ3n) is 1.66. The smallest absolute Gasteiger partial charge is 0.00579 e. The fourth-order valence-corrected chi connectivity index (χ4v) is 0.992. The Labute approximate surface area is 75.8 Å². The second-order valence-corrected chi connectivity index (χ2v) is 4.52. The van der Waals surface area contributed by atoms with Crippen molar-refractivity contribution in [3.63, 3.8) is 0 Å². The molecule has 0 N–H and O–H groups in total. The third-order valence-corrected chi connectivity index (χ3v) is 2.38. The van der Waals surface area contributed by atoms with Crippen LogP contribution in [0.2, 0.25) is 0 Å². The Morgan fingerprint density at radius 3 is 1.64 bits per heavy atom. The van der Waals surface area contributed by atoms with Crippen LogP contribution in [0.5, 0.6) is 0 Å². The van der Waals surface area contributed by atoms with Gasteiger partial charge >= 0.3 is 0 Å². The molecule has 64 valence electrons. The lowest BCUT2D eigenvalue weighted by Crippen LogP contribution is -2.08. The standard InChI is InChI=1S/C10H18S/c1-7(2)9(11)8(3)10(4,5)6/h11H,3H2,1-2,4-6H3. The van der Waals surface area contributed by atoms with Gasteiger partial charge in [-0.3, -0.25) is 0 Å². The number of rotatable bonds is 1. The van der Waals surface area contributed by atoms with Crippen molar-refractivity contribution in [1.82, 2.24) is 0 Å². The Balaban J connectivity index is 4.67. The predicted octanol–water partition coefficient (Wildman–Crippen LogP) is 3.81. The number of allylic oxidation sites excluding steroid dienone is 2. The Bertz CT molecular complexity index is 187. The molecule has 0 amide bonds. The minimum atomic E-state index is 0.133. The van der Waals surface area contributed by atoms with Crippen molar-refractivity contribution >= 4 is 12.6 Å². The van der Waals surface area contributed by atoms with Crippen LogP contribution in [0.4, 0.5) is 0 Å². The molecule has 0 rings (SSSR count). The quantitative estimate of drug-likeness (QED) is 0.449. The lowest BCUT2D eigenvalue weighted by molar-refractivity contribution is 0.516. The summed E-state index contributed by atoms with van der Waals surface area (Å²) < 4.78 is 0. The first kappa shape index (κ1) is 10.8. The summed E-state index contributed by atoms with van der Waals surface area (Å²) in [5.74, 6) is 0. The van der Waals surface area contributed by atoms with E-state index in [0.29, 0.717) is 0 Å². The van der Waals surface area contributed by atoms with Crippen molar-refractivity contribution < 1.29 is 0 Å². The minimum Gasteiger partial charge on any atom is -0.143 e. The molecular weight excluding hydrogens is 152 g/mol. The SMILES string of the molecule is C=C(C(S)=C(C)C)C(C)(C)C. The molecule has 11 heavy (non-hydrogen) atoms.